The molecule has 1 aliphatic heterocycles. The Balaban J connectivity index is 1.89. The molecule has 156 valence electrons. The normalized spacial score (nSPS) is 21.9. The number of carbonyl (C=O) groups excluding carboxylic acids is 1. The fourth-order valence-corrected chi connectivity index (χ4v) is 6.00. The monoisotopic (exact) mass is 438 g/mol. The minimum Gasteiger partial charge on any atom is -0.457 e. The Morgan fingerprint density at radius 3 is 2.38 bits per heavy atom. The van der Waals surface area contributed by atoms with Crippen LogP contribution in [0.5, 0.6) is 11.5 Å². The van der Waals surface area contributed by atoms with Crippen LogP contribution in [0.25, 0.3) is 0 Å². The molecule has 1 saturated heterocycles. The maximum Gasteiger partial charge on any atom is 0.303 e. The lowest BCUT2D eigenvalue weighted by Crippen LogP contribution is -2.47. The van der Waals surface area contributed by atoms with Crippen LogP contribution in [0, 0.1) is 0 Å². The second-order valence-corrected chi connectivity index (χ2v) is 10.1. The van der Waals surface area contributed by atoms with Crippen molar-refractivity contribution in [2.75, 3.05) is 13.2 Å². The van der Waals surface area contributed by atoms with E-state index >= 15 is 0 Å². The van der Waals surface area contributed by atoms with Gasteiger partial charge in [0.15, 0.2) is 0 Å². The van der Waals surface area contributed by atoms with Gasteiger partial charge in [-0.2, -0.15) is 0 Å². The molecule has 29 heavy (non-hydrogen) atoms. The number of halogens is 1. The highest BCUT2D eigenvalue weighted by molar-refractivity contribution is 7.64. The zero-order valence-corrected chi connectivity index (χ0v) is 18.0. The van der Waals surface area contributed by atoms with E-state index in [0.29, 0.717) is 41.3 Å². The van der Waals surface area contributed by atoms with Crippen LogP contribution in [-0.2, 0) is 13.9 Å². The molecule has 0 spiro atoms. The number of hydrogen-bond acceptors (Lipinski definition) is 5. The molecule has 2 aromatic rings. The summed E-state index contributed by atoms with van der Waals surface area (Å²) in [7, 11) is -3.53. The molecule has 1 aliphatic rings. The first-order valence-electron chi connectivity index (χ1n) is 9.24. The fraction of sp³-hybridized carbons (Fsp3) is 0.350. The van der Waals surface area contributed by atoms with Gasteiger partial charge in [-0.3, -0.25) is 14.6 Å². The van der Waals surface area contributed by atoms with E-state index < -0.39 is 19.0 Å². The lowest BCUT2D eigenvalue weighted by atomic mass is 9.98. The maximum atomic E-state index is 13.9. The van der Waals surface area contributed by atoms with Gasteiger partial charge in [0.1, 0.15) is 11.5 Å². The molecule has 2 N–H and O–H groups in total. The maximum absolute atomic E-state index is 13.9. The summed E-state index contributed by atoms with van der Waals surface area (Å²) in [6, 6.07) is 13.7. The van der Waals surface area contributed by atoms with E-state index in [4.69, 9.17) is 26.1 Å². The Bertz CT molecular complexity index is 902. The summed E-state index contributed by atoms with van der Waals surface area (Å²) in [5.74, 6) is 0.546. The average molecular weight is 439 g/mol. The molecule has 0 bridgehead atoms. The number of hydroxylamine groups is 1. The molecule has 1 unspecified atom stereocenters. The number of amides is 1. The van der Waals surface area contributed by atoms with Crippen LogP contribution >= 0.6 is 19.1 Å². The van der Waals surface area contributed by atoms with Crippen molar-refractivity contribution in [2.24, 2.45) is 0 Å². The highest BCUT2D eigenvalue weighted by Gasteiger charge is 2.45. The topological polar surface area (TPSA) is 88.1 Å². The Labute approximate surface area is 175 Å². The van der Waals surface area contributed by atoms with Gasteiger partial charge in [0.2, 0.25) is 0 Å². The van der Waals surface area contributed by atoms with Crippen molar-refractivity contribution in [1.82, 2.24) is 10.2 Å². The minimum absolute atomic E-state index is 0.246. The summed E-state index contributed by atoms with van der Waals surface area (Å²) in [6.07, 6.45) is 1.42. The SMILES string of the molecule is CC1(C)CCCOP(=O)(c2ccc(Oc3ccc(Cl)cc3)cc2)N1CC(=O)NO. The van der Waals surface area contributed by atoms with E-state index in [1.807, 2.05) is 13.8 Å². The molecule has 1 atom stereocenters. The van der Waals surface area contributed by atoms with Crippen LogP contribution in [0.2, 0.25) is 5.02 Å². The molecule has 0 aliphatic carbocycles. The lowest BCUT2D eigenvalue weighted by molar-refractivity contribution is -0.130. The minimum atomic E-state index is -3.53. The summed E-state index contributed by atoms with van der Waals surface area (Å²) in [6.45, 7) is 3.90. The van der Waals surface area contributed by atoms with Gasteiger partial charge in [0.25, 0.3) is 5.91 Å². The molecule has 0 aromatic heterocycles. The summed E-state index contributed by atoms with van der Waals surface area (Å²) < 4.78 is 27.1. The Kier molecular flexibility index (Phi) is 6.66. The van der Waals surface area contributed by atoms with Crippen LogP contribution in [0.1, 0.15) is 26.7 Å². The third kappa shape index (κ3) is 5.00. The molecule has 3 rings (SSSR count). The number of ether oxygens (including phenoxy) is 1. The molecule has 7 nitrogen and oxygen atoms in total. The molecule has 1 heterocycles. The predicted molar refractivity (Wildman–Crippen MR) is 111 cm³/mol. The van der Waals surface area contributed by atoms with Crippen LogP contribution in [0.4, 0.5) is 0 Å². The van der Waals surface area contributed by atoms with Crippen molar-refractivity contribution in [1.29, 1.82) is 0 Å². The highest BCUT2D eigenvalue weighted by atomic mass is 35.5. The van der Waals surface area contributed by atoms with E-state index in [1.54, 1.807) is 58.7 Å². The largest absolute Gasteiger partial charge is 0.457 e. The third-order valence-electron chi connectivity index (χ3n) is 4.85. The van der Waals surface area contributed by atoms with Gasteiger partial charge in [-0.25, -0.2) is 10.2 Å². The van der Waals surface area contributed by atoms with Crippen LogP contribution in [0.3, 0.4) is 0 Å². The van der Waals surface area contributed by atoms with E-state index in [-0.39, 0.29) is 6.54 Å². The summed E-state index contributed by atoms with van der Waals surface area (Å²) in [5, 5.41) is 10.0. The van der Waals surface area contributed by atoms with Gasteiger partial charge in [0, 0.05) is 10.6 Å². The van der Waals surface area contributed by atoms with E-state index in [2.05, 4.69) is 0 Å². The van der Waals surface area contributed by atoms with Gasteiger partial charge < -0.3 is 9.26 Å². The van der Waals surface area contributed by atoms with Crippen molar-refractivity contribution in [3.05, 3.63) is 53.6 Å². The number of nitrogens with zero attached hydrogens (tertiary/aromatic N) is 1. The average Bonchev–Trinajstić information content (AvgIpc) is 2.81. The first-order valence-corrected chi connectivity index (χ1v) is 11.2. The van der Waals surface area contributed by atoms with Gasteiger partial charge in [-0.15, -0.1) is 0 Å². The van der Waals surface area contributed by atoms with Crippen molar-refractivity contribution >= 4 is 30.3 Å². The van der Waals surface area contributed by atoms with E-state index in [9.17, 15) is 9.36 Å². The summed E-state index contributed by atoms with van der Waals surface area (Å²) >= 11 is 5.88. The van der Waals surface area contributed by atoms with Crippen molar-refractivity contribution < 1.29 is 23.8 Å². The number of benzene rings is 2. The van der Waals surface area contributed by atoms with Gasteiger partial charge in [-0.05, 0) is 75.2 Å². The summed E-state index contributed by atoms with van der Waals surface area (Å²) in [5.41, 5.74) is 1.05. The summed E-state index contributed by atoms with van der Waals surface area (Å²) in [4.78, 5) is 11.9. The van der Waals surface area contributed by atoms with Gasteiger partial charge in [0.05, 0.1) is 18.5 Å². The van der Waals surface area contributed by atoms with Gasteiger partial charge >= 0.3 is 7.52 Å². The standard InChI is InChI=1S/C20H24ClN2O5P/c1-20(2)12-3-13-27-29(26,23(20)14-19(24)22-25)18-10-8-17(9-11-18)28-16-6-4-15(21)5-7-16/h4-11,25H,3,12-14H2,1-2H3,(H,22,24). The highest BCUT2D eigenvalue weighted by Crippen LogP contribution is 2.56. The zero-order valence-electron chi connectivity index (χ0n) is 16.3. The number of carbonyl (C=O) groups is 1. The van der Waals surface area contributed by atoms with Gasteiger partial charge in [-0.1, -0.05) is 11.6 Å². The lowest BCUT2D eigenvalue weighted by Gasteiger charge is -2.39. The molecule has 2 aromatic carbocycles. The first-order chi connectivity index (χ1) is 13.7. The van der Waals surface area contributed by atoms with E-state index in [0.717, 1.165) is 0 Å². The first kappa shape index (κ1) is 21.8. The molecule has 1 fully saturated rings. The van der Waals surface area contributed by atoms with Crippen molar-refractivity contribution in [3.8, 4) is 11.5 Å². The van der Waals surface area contributed by atoms with E-state index in [1.165, 1.54) is 0 Å². The third-order valence-corrected chi connectivity index (χ3v) is 7.90. The Morgan fingerprint density at radius 2 is 1.79 bits per heavy atom. The second kappa shape index (κ2) is 8.86. The molecular weight excluding hydrogens is 415 g/mol. The molecule has 0 radical (unpaired) electrons. The quantitative estimate of drug-likeness (QED) is 0.410. The fourth-order valence-electron chi connectivity index (χ4n) is 3.28. The van der Waals surface area contributed by atoms with Crippen LogP contribution in [0.15, 0.2) is 48.5 Å². The number of hydrogen-bond donors (Lipinski definition) is 2. The molecule has 0 saturated carbocycles. The Hall–Kier alpha value is -1.89. The van der Waals surface area contributed by atoms with Crippen molar-refractivity contribution in [2.45, 2.75) is 32.2 Å². The molecule has 9 heteroatoms. The van der Waals surface area contributed by atoms with Crippen LogP contribution in [-0.4, -0.2) is 34.5 Å². The number of nitrogens with one attached hydrogen (secondary N) is 1. The molecular formula is C20H24ClN2O5P. The Morgan fingerprint density at radius 1 is 1.21 bits per heavy atom. The zero-order chi connectivity index (χ0) is 21.1. The number of rotatable bonds is 5. The van der Waals surface area contributed by atoms with Crippen LogP contribution < -0.4 is 15.5 Å². The molecule has 1 amide bonds. The second-order valence-electron chi connectivity index (χ2n) is 7.41. The van der Waals surface area contributed by atoms with Crippen molar-refractivity contribution in [3.63, 3.8) is 0 Å². The smallest absolute Gasteiger partial charge is 0.303 e. The predicted octanol–water partition coefficient (Wildman–Crippen LogP) is 4.35.